The third-order valence-electron chi connectivity index (χ3n) is 3.47. The molecular weight excluding hydrogens is 274 g/mol. The SMILES string of the molecule is COc1cccc(OC)c1C(=O)NC(C(N)=NO)C1CC1. The third-order valence-corrected chi connectivity index (χ3v) is 3.47. The van der Waals surface area contributed by atoms with Gasteiger partial charge < -0.3 is 25.7 Å². The molecule has 0 radical (unpaired) electrons. The smallest absolute Gasteiger partial charge is 0.259 e. The van der Waals surface area contributed by atoms with Crippen LogP contribution in [0.3, 0.4) is 0 Å². The minimum Gasteiger partial charge on any atom is -0.496 e. The van der Waals surface area contributed by atoms with E-state index in [0.717, 1.165) is 12.8 Å². The third kappa shape index (κ3) is 3.18. The van der Waals surface area contributed by atoms with Crippen LogP contribution in [0.1, 0.15) is 23.2 Å². The number of nitrogens with two attached hydrogens (primary N) is 1. The average Bonchev–Trinajstić information content (AvgIpc) is 3.35. The molecule has 1 aliphatic carbocycles. The van der Waals surface area contributed by atoms with E-state index in [1.54, 1.807) is 18.2 Å². The molecule has 7 nitrogen and oxygen atoms in total. The summed E-state index contributed by atoms with van der Waals surface area (Å²) in [4.78, 5) is 12.5. The van der Waals surface area contributed by atoms with E-state index in [1.165, 1.54) is 14.2 Å². The molecule has 114 valence electrons. The van der Waals surface area contributed by atoms with Crippen LogP contribution in [0, 0.1) is 5.92 Å². The number of benzene rings is 1. The highest BCUT2D eigenvalue weighted by Gasteiger charge is 2.36. The summed E-state index contributed by atoms with van der Waals surface area (Å²) >= 11 is 0. The van der Waals surface area contributed by atoms with Crippen LogP contribution >= 0.6 is 0 Å². The van der Waals surface area contributed by atoms with Crippen LogP contribution in [-0.2, 0) is 0 Å². The van der Waals surface area contributed by atoms with E-state index in [2.05, 4.69) is 10.5 Å². The minimum atomic E-state index is -0.489. The van der Waals surface area contributed by atoms with Gasteiger partial charge in [0.2, 0.25) is 0 Å². The highest BCUT2D eigenvalue weighted by Crippen LogP contribution is 2.34. The molecule has 0 aromatic heterocycles. The van der Waals surface area contributed by atoms with Crippen molar-refractivity contribution in [2.45, 2.75) is 18.9 Å². The second kappa shape index (κ2) is 6.34. The molecule has 1 atom stereocenters. The van der Waals surface area contributed by atoms with Gasteiger partial charge in [0.1, 0.15) is 17.1 Å². The molecular formula is C14H19N3O4. The van der Waals surface area contributed by atoms with Gasteiger partial charge in [-0.3, -0.25) is 4.79 Å². The van der Waals surface area contributed by atoms with Crippen LogP contribution in [0.15, 0.2) is 23.4 Å². The number of rotatable bonds is 6. The van der Waals surface area contributed by atoms with Crippen LogP contribution in [0.5, 0.6) is 11.5 Å². The first-order valence-corrected chi connectivity index (χ1v) is 6.61. The first-order valence-electron chi connectivity index (χ1n) is 6.61. The second-order valence-corrected chi connectivity index (χ2v) is 4.85. The van der Waals surface area contributed by atoms with Gasteiger partial charge in [0, 0.05) is 0 Å². The van der Waals surface area contributed by atoms with Gasteiger partial charge in [-0.25, -0.2) is 0 Å². The molecule has 21 heavy (non-hydrogen) atoms. The molecule has 1 saturated carbocycles. The lowest BCUT2D eigenvalue weighted by molar-refractivity contribution is 0.0936. The molecule has 1 aromatic rings. The van der Waals surface area contributed by atoms with Gasteiger partial charge in [-0.15, -0.1) is 0 Å². The molecule has 2 rings (SSSR count). The highest BCUT2D eigenvalue weighted by molar-refractivity contribution is 6.02. The fourth-order valence-electron chi connectivity index (χ4n) is 2.21. The predicted octanol–water partition coefficient (Wildman–Crippen LogP) is 0.959. The number of ether oxygens (including phenoxy) is 2. The summed E-state index contributed by atoms with van der Waals surface area (Å²) in [5.74, 6) is 0.625. The summed E-state index contributed by atoms with van der Waals surface area (Å²) in [6.07, 6.45) is 1.87. The van der Waals surface area contributed by atoms with Crippen molar-refractivity contribution in [1.29, 1.82) is 0 Å². The van der Waals surface area contributed by atoms with E-state index in [0.29, 0.717) is 17.1 Å². The molecule has 1 aromatic carbocycles. The van der Waals surface area contributed by atoms with E-state index in [1.807, 2.05) is 0 Å². The Kier molecular flexibility index (Phi) is 4.52. The van der Waals surface area contributed by atoms with E-state index in [-0.39, 0.29) is 17.7 Å². The van der Waals surface area contributed by atoms with Crippen molar-refractivity contribution < 1.29 is 19.5 Å². The van der Waals surface area contributed by atoms with Gasteiger partial charge in [0.25, 0.3) is 5.91 Å². The first kappa shape index (κ1) is 15.0. The molecule has 0 bridgehead atoms. The maximum absolute atomic E-state index is 12.5. The Hall–Kier alpha value is -2.44. The van der Waals surface area contributed by atoms with E-state index in [9.17, 15) is 4.79 Å². The maximum atomic E-state index is 12.5. The van der Waals surface area contributed by atoms with Crippen LogP contribution < -0.4 is 20.5 Å². The highest BCUT2D eigenvalue weighted by atomic mass is 16.5. The zero-order valence-corrected chi connectivity index (χ0v) is 12.0. The molecule has 1 unspecified atom stereocenters. The van der Waals surface area contributed by atoms with Crippen LogP contribution in [0.25, 0.3) is 0 Å². The number of hydrogen-bond donors (Lipinski definition) is 3. The average molecular weight is 293 g/mol. The number of methoxy groups -OCH3 is 2. The Morgan fingerprint density at radius 3 is 2.38 bits per heavy atom. The van der Waals surface area contributed by atoms with Gasteiger partial charge >= 0.3 is 0 Å². The number of carbonyl (C=O) groups is 1. The van der Waals surface area contributed by atoms with Crippen molar-refractivity contribution in [3.05, 3.63) is 23.8 Å². The lowest BCUT2D eigenvalue weighted by atomic mass is 10.1. The quantitative estimate of drug-likeness (QED) is 0.313. The number of nitrogens with zero attached hydrogens (tertiary/aromatic N) is 1. The summed E-state index contributed by atoms with van der Waals surface area (Å²) in [6, 6.07) is 4.59. The second-order valence-electron chi connectivity index (χ2n) is 4.85. The molecule has 0 heterocycles. The van der Waals surface area contributed by atoms with E-state index >= 15 is 0 Å². The number of amidine groups is 1. The zero-order chi connectivity index (χ0) is 15.4. The van der Waals surface area contributed by atoms with E-state index < -0.39 is 6.04 Å². The summed E-state index contributed by atoms with van der Waals surface area (Å²) in [6.45, 7) is 0. The van der Waals surface area contributed by atoms with Gasteiger partial charge in [-0.1, -0.05) is 11.2 Å². The van der Waals surface area contributed by atoms with Crippen molar-refractivity contribution in [2.24, 2.45) is 16.8 Å². The molecule has 7 heteroatoms. The summed E-state index contributed by atoms with van der Waals surface area (Å²) in [5.41, 5.74) is 5.94. The molecule has 1 amide bonds. The van der Waals surface area contributed by atoms with Gasteiger partial charge in [0.15, 0.2) is 5.84 Å². The standard InChI is InChI=1S/C14H19N3O4/c1-20-9-4-3-5-10(21-2)11(9)14(18)16-12(8-6-7-8)13(15)17-19/h3-5,8,12,19H,6-7H2,1-2H3,(H2,15,17)(H,16,18). The lowest BCUT2D eigenvalue weighted by Crippen LogP contribution is -2.46. The first-order chi connectivity index (χ1) is 10.1. The molecule has 1 fully saturated rings. The number of carbonyl (C=O) groups excluding carboxylic acids is 1. The van der Waals surface area contributed by atoms with Gasteiger partial charge in [0.05, 0.1) is 20.3 Å². The Morgan fingerprint density at radius 2 is 1.95 bits per heavy atom. The summed E-state index contributed by atoms with van der Waals surface area (Å²) in [7, 11) is 2.96. The Labute approximate surface area is 122 Å². The monoisotopic (exact) mass is 293 g/mol. The lowest BCUT2D eigenvalue weighted by Gasteiger charge is -2.19. The topological polar surface area (TPSA) is 106 Å². The fourth-order valence-corrected chi connectivity index (χ4v) is 2.21. The Balaban J connectivity index is 2.27. The zero-order valence-electron chi connectivity index (χ0n) is 12.0. The van der Waals surface area contributed by atoms with Crippen molar-refractivity contribution in [3.8, 4) is 11.5 Å². The van der Waals surface area contributed by atoms with Crippen LogP contribution in [0.2, 0.25) is 0 Å². The molecule has 0 aliphatic heterocycles. The van der Waals surface area contributed by atoms with Crippen molar-refractivity contribution in [1.82, 2.24) is 5.32 Å². The largest absolute Gasteiger partial charge is 0.496 e. The van der Waals surface area contributed by atoms with Crippen LogP contribution in [0.4, 0.5) is 0 Å². The Morgan fingerprint density at radius 1 is 1.38 bits per heavy atom. The molecule has 0 spiro atoms. The number of nitrogens with one attached hydrogen (secondary N) is 1. The fraction of sp³-hybridized carbons (Fsp3) is 0.429. The predicted molar refractivity (Wildman–Crippen MR) is 76.9 cm³/mol. The van der Waals surface area contributed by atoms with Gasteiger partial charge in [-0.2, -0.15) is 0 Å². The summed E-state index contributed by atoms with van der Waals surface area (Å²) < 4.78 is 10.4. The minimum absolute atomic E-state index is 0.000264. The van der Waals surface area contributed by atoms with Crippen molar-refractivity contribution in [3.63, 3.8) is 0 Å². The number of hydrogen-bond acceptors (Lipinski definition) is 5. The molecule has 1 aliphatic rings. The molecule has 4 N–H and O–H groups in total. The number of oxime groups is 1. The van der Waals surface area contributed by atoms with Crippen molar-refractivity contribution >= 4 is 11.7 Å². The summed E-state index contributed by atoms with van der Waals surface area (Å²) in [5, 5.41) is 14.6. The normalized spacial score (nSPS) is 16.2. The molecule has 0 saturated heterocycles. The van der Waals surface area contributed by atoms with Crippen molar-refractivity contribution in [2.75, 3.05) is 14.2 Å². The number of amides is 1. The maximum Gasteiger partial charge on any atom is 0.259 e. The van der Waals surface area contributed by atoms with Crippen LogP contribution in [-0.4, -0.2) is 37.2 Å². The Bertz CT molecular complexity index is 533. The van der Waals surface area contributed by atoms with Gasteiger partial charge in [-0.05, 0) is 30.9 Å². The van der Waals surface area contributed by atoms with E-state index in [4.69, 9.17) is 20.4 Å².